The van der Waals surface area contributed by atoms with Crippen LogP contribution in [0, 0.1) is 29.1 Å². The average molecular weight is 725 g/mol. The van der Waals surface area contributed by atoms with Crippen LogP contribution in [-0.4, -0.2) is 129 Å². The van der Waals surface area contributed by atoms with Crippen molar-refractivity contribution in [2.75, 3.05) is 20.3 Å². The van der Waals surface area contributed by atoms with Crippen LogP contribution < -0.4 is 0 Å². The minimum absolute atomic E-state index is 0.000362. The second-order valence-electron chi connectivity index (χ2n) is 14.5. The molecule has 0 bridgehead atoms. The number of aromatic hydroxyl groups is 1. The molecular formula is C36H52O15. The molecule has 1 aromatic rings. The van der Waals surface area contributed by atoms with Gasteiger partial charge in [0.15, 0.2) is 12.4 Å². The third-order valence-corrected chi connectivity index (χ3v) is 10.8. The molecule has 1 aliphatic heterocycles. The molecule has 0 radical (unpaired) electrons. The molecule has 0 amide bonds. The van der Waals surface area contributed by atoms with Gasteiger partial charge in [0.25, 0.3) is 0 Å². The van der Waals surface area contributed by atoms with E-state index >= 15 is 0 Å². The molecule has 1 aromatic carbocycles. The maximum absolute atomic E-state index is 13.9. The Morgan fingerprint density at radius 2 is 1.65 bits per heavy atom. The van der Waals surface area contributed by atoms with E-state index in [1.165, 1.54) is 19.2 Å². The molecule has 286 valence electrons. The van der Waals surface area contributed by atoms with Crippen LogP contribution in [0.2, 0.25) is 0 Å². The van der Waals surface area contributed by atoms with Crippen molar-refractivity contribution >= 4 is 17.9 Å². The number of hydrogen-bond acceptors (Lipinski definition) is 15. The molecule has 13 atom stereocenters. The fourth-order valence-corrected chi connectivity index (χ4v) is 7.70. The molecule has 1 heterocycles. The molecule has 15 heteroatoms. The van der Waals surface area contributed by atoms with E-state index in [0.717, 1.165) is 0 Å². The zero-order valence-electron chi connectivity index (χ0n) is 29.4. The van der Waals surface area contributed by atoms with E-state index in [1.807, 2.05) is 6.92 Å². The van der Waals surface area contributed by atoms with Crippen LogP contribution in [0.1, 0.15) is 52.0 Å². The van der Waals surface area contributed by atoms with E-state index < -0.39 is 109 Å². The molecule has 4 rings (SSSR count). The summed E-state index contributed by atoms with van der Waals surface area (Å²) in [5, 5.41) is 72.6. The van der Waals surface area contributed by atoms with Crippen LogP contribution in [-0.2, 0) is 44.5 Å². The number of fused-ring (bicyclic) bond motifs is 1. The maximum Gasteiger partial charge on any atom is 0.348 e. The maximum atomic E-state index is 13.9. The monoisotopic (exact) mass is 724 g/mol. The van der Waals surface area contributed by atoms with Crippen molar-refractivity contribution in [2.45, 2.75) is 108 Å². The standard InChI is InChI=1S/C36H52O15/c1-17(2)27(39)34(46)49-23(14-19-6-9-21(38)10-7-19)33(45)51-25-11-8-20(16-48-35-31(43)30(42)29(41)24(15-37)50-35)26-28(40)22(12-13-36(25,26)4)18(3)32(44)47-5/h6-7,9-10,17,20,22-31,35,37-43H,3,8,11-16H2,1-2,4-5H3/t20?,22-,23?,24+,25+,26+,27?,28-,29+,30-,31+,35+,36-/m0/s1. The summed E-state index contributed by atoms with van der Waals surface area (Å²) in [6.07, 6.45) is -11.3. The first kappa shape index (κ1) is 40.6. The number of phenols is 1. The van der Waals surface area contributed by atoms with Gasteiger partial charge in [-0.05, 0) is 61.1 Å². The molecule has 1 saturated heterocycles. The number of benzene rings is 1. The highest BCUT2D eigenvalue weighted by atomic mass is 16.7. The summed E-state index contributed by atoms with van der Waals surface area (Å²) >= 11 is 0. The zero-order valence-corrected chi connectivity index (χ0v) is 29.4. The molecule has 3 aliphatic rings. The van der Waals surface area contributed by atoms with Crippen molar-refractivity contribution < 1.29 is 73.8 Å². The largest absolute Gasteiger partial charge is 0.508 e. The lowest BCUT2D eigenvalue weighted by Gasteiger charge is -2.56. The highest BCUT2D eigenvalue weighted by molar-refractivity contribution is 5.88. The minimum Gasteiger partial charge on any atom is -0.508 e. The molecule has 51 heavy (non-hydrogen) atoms. The number of esters is 3. The van der Waals surface area contributed by atoms with Gasteiger partial charge >= 0.3 is 17.9 Å². The second kappa shape index (κ2) is 17.1. The average Bonchev–Trinajstić information content (AvgIpc) is 3.10. The number of hydrogen-bond donors (Lipinski definition) is 7. The van der Waals surface area contributed by atoms with Gasteiger partial charge in [-0.15, -0.1) is 0 Å². The summed E-state index contributed by atoms with van der Waals surface area (Å²) in [5.41, 5.74) is -0.296. The van der Waals surface area contributed by atoms with E-state index in [0.29, 0.717) is 24.8 Å². The molecule has 0 aromatic heterocycles. The van der Waals surface area contributed by atoms with Gasteiger partial charge in [-0.3, -0.25) is 0 Å². The van der Waals surface area contributed by atoms with Crippen molar-refractivity contribution in [3.05, 3.63) is 42.0 Å². The number of carbonyl (C=O) groups excluding carboxylic acids is 3. The minimum atomic E-state index is -1.65. The molecule has 15 nitrogen and oxygen atoms in total. The van der Waals surface area contributed by atoms with Gasteiger partial charge in [-0.25, -0.2) is 14.4 Å². The number of aliphatic hydroxyl groups is 6. The lowest BCUT2D eigenvalue weighted by atomic mass is 9.52. The van der Waals surface area contributed by atoms with Crippen molar-refractivity contribution in [3.8, 4) is 5.75 Å². The van der Waals surface area contributed by atoms with Crippen molar-refractivity contribution in [2.24, 2.45) is 29.1 Å². The summed E-state index contributed by atoms with van der Waals surface area (Å²) in [5.74, 6) is -4.90. The molecule has 3 fully saturated rings. The Morgan fingerprint density at radius 1 is 0.980 bits per heavy atom. The van der Waals surface area contributed by atoms with Crippen molar-refractivity contribution in [3.63, 3.8) is 0 Å². The Hall–Kier alpha value is -3.15. The van der Waals surface area contributed by atoms with Crippen LogP contribution in [0.25, 0.3) is 0 Å². The first-order valence-electron chi connectivity index (χ1n) is 17.3. The third kappa shape index (κ3) is 8.91. The first-order chi connectivity index (χ1) is 24.0. The molecular weight excluding hydrogens is 672 g/mol. The number of methoxy groups -OCH3 is 1. The number of carbonyl (C=O) groups is 3. The topological polar surface area (TPSA) is 239 Å². The number of aliphatic hydroxyl groups excluding tert-OH is 6. The lowest BCUT2D eigenvalue weighted by Crippen LogP contribution is -2.61. The number of ether oxygens (including phenoxy) is 5. The van der Waals surface area contributed by atoms with E-state index in [2.05, 4.69) is 6.58 Å². The Labute approximate surface area is 296 Å². The Kier molecular flexibility index (Phi) is 13.6. The van der Waals surface area contributed by atoms with Crippen LogP contribution in [0.3, 0.4) is 0 Å². The van der Waals surface area contributed by atoms with Gasteiger partial charge in [0, 0.05) is 23.3 Å². The Balaban J connectivity index is 1.60. The summed E-state index contributed by atoms with van der Waals surface area (Å²) in [6.45, 7) is 8.20. The van der Waals surface area contributed by atoms with Crippen molar-refractivity contribution in [1.82, 2.24) is 0 Å². The van der Waals surface area contributed by atoms with E-state index in [1.54, 1.807) is 26.0 Å². The molecule has 7 N–H and O–H groups in total. The van der Waals surface area contributed by atoms with E-state index in [9.17, 15) is 50.1 Å². The Morgan fingerprint density at radius 3 is 2.25 bits per heavy atom. The number of phenolic OH excluding ortho intramolecular Hbond substituents is 1. The van der Waals surface area contributed by atoms with Gasteiger partial charge in [0.05, 0.1) is 26.4 Å². The van der Waals surface area contributed by atoms with Gasteiger partial charge < -0.3 is 59.4 Å². The predicted molar refractivity (Wildman–Crippen MR) is 176 cm³/mol. The summed E-state index contributed by atoms with van der Waals surface area (Å²) in [4.78, 5) is 39.2. The third-order valence-electron chi connectivity index (χ3n) is 10.8. The van der Waals surface area contributed by atoms with E-state index in [4.69, 9.17) is 23.7 Å². The summed E-state index contributed by atoms with van der Waals surface area (Å²) in [7, 11) is 1.21. The normalized spacial score (nSPS) is 34.9. The highest BCUT2D eigenvalue weighted by Gasteiger charge is 2.58. The summed E-state index contributed by atoms with van der Waals surface area (Å²) in [6, 6.07) is 5.96. The quantitative estimate of drug-likeness (QED) is 0.0813. The van der Waals surface area contributed by atoms with Gasteiger partial charge in [-0.2, -0.15) is 0 Å². The van der Waals surface area contributed by atoms with Crippen LogP contribution in [0.15, 0.2) is 36.4 Å². The Bertz CT molecular complexity index is 1360. The fraction of sp³-hybridized carbons (Fsp3) is 0.694. The molecule has 2 aliphatic carbocycles. The van der Waals surface area contributed by atoms with E-state index in [-0.39, 0.29) is 30.8 Å². The first-order valence-corrected chi connectivity index (χ1v) is 17.3. The summed E-state index contributed by atoms with van der Waals surface area (Å²) < 4.78 is 27.9. The SMILES string of the molecule is C=C(C(=O)OC)[C@@H]1CC[C@]2(C)[C@H](C(CO[C@@H]3O[C@H](CO)[C@@H](O)[C@H](O)[C@H]3O)CC[C@H]2OC(=O)C(Cc2ccc(O)cc2)OC(=O)C(O)C(C)C)[C@H]1O. The number of rotatable bonds is 13. The predicted octanol–water partition coefficient (Wildman–Crippen LogP) is 0.124. The second-order valence-corrected chi connectivity index (χ2v) is 14.5. The fourth-order valence-electron chi connectivity index (χ4n) is 7.70. The smallest absolute Gasteiger partial charge is 0.348 e. The zero-order chi connectivity index (χ0) is 37.8. The molecule has 3 unspecified atom stereocenters. The molecule has 2 saturated carbocycles. The van der Waals surface area contributed by atoms with Crippen LogP contribution in [0.5, 0.6) is 5.75 Å². The van der Waals surface area contributed by atoms with Crippen molar-refractivity contribution in [1.29, 1.82) is 0 Å². The van der Waals surface area contributed by atoms with Crippen LogP contribution >= 0.6 is 0 Å². The molecule has 0 spiro atoms. The van der Waals surface area contributed by atoms with Gasteiger partial charge in [0.2, 0.25) is 6.10 Å². The van der Waals surface area contributed by atoms with Crippen LogP contribution in [0.4, 0.5) is 0 Å². The highest BCUT2D eigenvalue weighted by Crippen LogP contribution is 2.56. The lowest BCUT2D eigenvalue weighted by molar-refractivity contribution is -0.307. The van der Waals surface area contributed by atoms with Gasteiger partial charge in [-0.1, -0.05) is 39.5 Å². The van der Waals surface area contributed by atoms with Gasteiger partial charge in [0.1, 0.15) is 36.3 Å².